The van der Waals surface area contributed by atoms with Gasteiger partial charge in [0.25, 0.3) is 12.3 Å². The Hall–Kier alpha value is -2.77. The van der Waals surface area contributed by atoms with E-state index in [0.29, 0.717) is 0 Å². The summed E-state index contributed by atoms with van der Waals surface area (Å²) in [6.45, 7) is 5.72. The van der Waals surface area contributed by atoms with Crippen molar-refractivity contribution in [2.75, 3.05) is 6.54 Å². The number of nitrogens with one attached hydrogen (secondary N) is 1. The van der Waals surface area contributed by atoms with Crippen LogP contribution in [0.3, 0.4) is 0 Å². The molecule has 0 aliphatic carbocycles. The van der Waals surface area contributed by atoms with Crippen molar-refractivity contribution >= 4 is 11.9 Å². The van der Waals surface area contributed by atoms with Crippen molar-refractivity contribution in [2.24, 2.45) is 11.8 Å². The maximum Gasteiger partial charge on any atom is 0.308 e. The Morgan fingerprint density at radius 1 is 1.29 bits per heavy atom. The zero-order chi connectivity index (χ0) is 20.8. The summed E-state index contributed by atoms with van der Waals surface area (Å²) in [6.07, 6.45) is -1.52. The van der Waals surface area contributed by atoms with Gasteiger partial charge in [-0.2, -0.15) is 5.10 Å². The number of amides is 1. The molecule has 2 rings (SSSR count). The van der Waals surface area contributed by atoms with Crippen LogP contribution in [0.25, 0.3) is 0 Å². The largest absolute Gasteiger partial charge is 0.481 e. The Balaban J connectivity index is 2.10. The quantitative estimate of drug-likeness (QED) is 0.683. The number of rotatable bonds is 9. The average Bonchev–Trinajstić information content (AvgIpc) is 3.01. The van der Waals surface area contributed by atoms with Crippen LogP contribution >= 0.6 is 0 Å². The number of aryl methyl sites for hydroxylation is 1. The highest BCUT2D eigenvalue weighted by molar-refractivity contribution is 5.95. The minimum atomic E-state index is -2.86. The smallest absolute Gasteiger partial charge is 0.308 e. The predicted molar refractivity (Wildman–Crippen MR) is 100 cm³/mol. The standard InChI is InChI=1S/C20H25F2N3O3/c1-12(2)11-25-17(18(21)22)16(10-24-25)19(26)23-9-15(20(27)28)8-14-6-4-5-13(3)7-14/h4-7,10,12,15,18H,8-9,11H2,1-3H3,(H,23,26)(H,27,28). The molecule has 1 aromatic heterocycles. The van der Waals surface area contributed by atoms with Gasteiger partial charge in [0.2, 0.25) is 0 Å². The van der Waals surface area contributed by atoms with E-state index in [1.807, 2.05) is 45.0 Å². The number of aliphatic carboxylic acids is 1. The van der Waals surface area contributed by atoms with E-state index >= 15 is 0 Å². The van der Waals surface area contributed by atoms with E-state index in [0.717, 1.165) is 22.0 Å². The van der Waals surface area contributed by atoms with Crippen molar-refractivity contribution in [3.8, 4) is 0 Å². The van der Waals surface area contributed by atoms with Gasteiger partial charge in [0.15, 0.2) is 0 Å². The second-order valence-electron chi connectivity index (χ2n) is 7.26. The van der Waals surface area contributed by atoms with Gasteiger partial charge in [-0.3, -0.25) is 14.3 Å². The van der Waals surface area contributed by atoms with Gasteiger partial charge in [0, 0.05) is 13.1 Å². The number of carboxylic acids is 1. The molecule has 1 heterocycles. The van der Waals surface area contributed by atoms with Crippen LogP contribution < -0.4 is 5.32 Å². The number of carboxylic acid groups (broad SMARTS) is 1. The number of aromatic nitrogens is 2. The number of hydrogen-bond acceptors (Lipinski definition) is 3. The van der Waals surface area contributed by atoms with Gasteiger partial charge >= 0.3 is 5.97 Å². The van der Waals surface area contributed by atoms with Gasteiger partial charge in [0.1, 0.15) is 5.69 Å². The van der Waals surface area contributed by atoms with Crippen molar-refractivity contribution in [1.82, 2.24) is 15.1 Å². The highest BCUT2D eigenvalue weighted by atomic mass is 19.3. The Bertz CT molecular complexity index is 834. The molecule has 0 fully saturated rings. The number of nitrogens with zero attached hydrogens (tertiary/aromatic N) is 2. The molecule has 0 saturated heterocycles. The van der Waals surface area contributed by atoms with Gasteiger partial charge in [-0.1, -0.05) is 43.7 Å². The van der Waals surface area contributed by atoms with Gasteiger partial charge in [-0.25, -0.2) is 8.78 Å². The van der Waals surface area contributed by atoms with E-state index in [1.54, 1.807) is 0 Å². The fourth-order valence-corrected chi connectivity index (χ4v) is 2.97. The van der Waals surface area contributed by atoms with Gasteiger partial charge in [-0.05, 0) is 24.8 Å². The molecule has 152 valence electrons. The molecule has 0 bridgehead atoms. The van der Waals surface area contributed by atoms with E-state index in [2.05, 4.69) is 10.4 Å². The molecule has 28 heavy (non-hydrogen) atoms. The van der Waals surface area contributed by atoms with Crippen molar-refractivity contribution < 1.29 is 23.5 Å². The lowest BCUT2D eigenvalue weighted by atomic mass is 9.98. The second-order valence-corrected chi connectivity index (χ2v) is 7.26. The Kier molecular flexibility index (Phi) is 7.25. The zero-order valence-corrected chi connectivity index (χ0v) is 16.2. The lowest BCUT2D eigenvalue weighted by molar-refractivity contribution is -0.141. The van der Waals surface area contributed by atoms with Crippen LogP contribution in [0.1, 0.15) is 47.5 Å². The van der Waals surface area contributed by atoms with Gasteiger partial charge in [-0.15, -0.1) is 0 Å². The minimum absolute atomic E-state index is 0.0824. The molecule has 8 heteroatoms. The summed E-state index contributed by atoms with van der Waals surface area (Å²) in [4.78, 5) is 24.0. The predicted octanol–water partition coefficient (Wildman–Crippen LogP) is 3.46. The normalized spacial score (nSPS) is 12.4. The molecule has 1 aromatic carbocycles. The van der Waals surface area contributed by atoms with Crippen LogP contribution in [0.2, 0.25) is 0 Å². The molecule has 6 nitrogen and oxygen atoms in total. The lowest BCUT2D eigenvalue weighted by Crippen LogP contribution is -2.34. The summed E-state index contributed by atoms with van der Waals surface area (Å²) in [5, 5.41) is 15.8. The molecule has 0 aliphatic rings. The van der Waals surface area contributed by atoms with Crippen molar-refractivity contribution in [3.05, 3.63) is 52.8 Å². The van der Waals surface area contributed by atoms with Crippen molar-refractivity contribution in [3.63, 3.8) is 0 Å². The molecule has 0 spiro atoms. The zero-order valence-electron chi connectivity index (χ0n) is 16.2. The van der Waals surface area contributed by atoms with E-state index in [1.165, 1.54) is 0 Å². The first-order valence-corrected chi connectivity index (χ1v) is 9.09. The first-order valence-electron chi connectivity index (χ1n) is 9.09. The van der Waals surface area contributed by atoms with E-state index in [4.69, 9.17) is 0 Å². The fourth-order valence-electron chi connectivity index (χ4n) is 2.97. The molecular weight excluding hydrogens is 368 g/mol. The van der Waals surface area contributed by atoms with Crippen LogP contribution in [0, 0.1) is 18.8 Å². The van der Waals surface area contributed by atoms with Crippen LogP contribution in [-0.2, 0) is 17.8 Å². The maximum atomic E-state index is 13.4. The van der Waals surface area contributed by atoms with E-state index < -0.39 is 29.9 Å². The molecule has 1 unspecified atom stereocenters. The molecule has 0 aliphatic heterocycles. The SMILES string of the molecule is Cc1cccc(CC(CNC(=O)c2cnn(CC(C)C)c2C(F)F)C(=O)O)c1. The average molecular weight is 393 g/mol. The Labute approximate surface area is 162 Å². The van der Waals surface area contributed by atoms with Crippen LogP contribution in [0.15, 0.2) is 30.5 Å². The van der Waals surface area contributed by atoms with Gasteiger partial charge < -0.3 is 10.4 Å². The number of hydrogen-bond donors (Lipinski definition) is 2. The highest BCUT2D eigenvalue weighted by Gasteiger charge is 2.26. The molecule has 1 amide bonds. The van der Waals surface area contributed by atoms with Crippen LogP contribution in [0.4, 0.5) is 8.78 Å². The molecule has 2 aromatic rings. The molecule has 0 radical (unpaired) electrons. The first-order chi connectivity index (χ1) is 13.2. The summed E-state index contributed by atoms with van der Waals surface area (Å²) >= 11 is 0. The third-order valence-corrected chi connectivity index (χ3v) is 4.29. The number of benzene rings is 1. The fraction of sp³-hybridized carbons (Fsp3) is 0.450. The molecule has 2 N–H and O–H groups in total. The number of alkyl halides is 2. The van der Waals surface area contributed by atoms with Gasteiger partial charge in [0.05, 0.1) is 17.7 Å². The Morgan fingerprint density at radius 3 is 2.57 bits per heavy atom. The summed E-state index contributed by atoms with van der Waals surface area (Å²) in [6, 6.07) is 7.43. The van der Waals surface area contributed by atoms with Crippen LogP contribution in [-0.4, -0.2) is 33.3 Å². The summed E-state index contributed by atoms with van der Waals surface area (Å²) in [5.74, 6) is -2.60. The lowest BCUT2D eigenvalue weighted by Gasteiger charge is -2.15. The van der Waals surface area contributed by atoms with Crippen LogP contribution in [0.5, 0.6) is 0 Å². The minimum Gasteiger partial charge on any atom is -0.481 e. The van der Waals surface area contributed by atoms with Crippen molar-refractivity contribution in [1.29, 1.82) is 0 Å². The van der Waals surface area contributed by atoms with E-state index in [9.17, 15) is 23.5 Å². The first kappa shape index (κ1) is 21.5. The van der Waals surface area contributed by atoms with E-state index in [-0.39, 0.29) is 31.0 Å². The second kappa shape index (κ2) is 9.43. The number of carbonyl (C=O) groups is 2. The summed E-state index contributed by atoms with van der Waals surface area (Å²) < 4.78 is 28.0. The molecule has 0 saturated carbocycles. The third kappa shape index (κ3) is 5.61. The highest BCUT2D eigenvalue weighted by Crippen LogP contribution is 2.24. The summed E-state index contributed by atoms with van der Waals surface area (Å²) in [7, 11) is 0. The summed E-state index contributed by atoms with van der Waals surface area (Å²) in [5.41, 5.74) is 1.16. The molecule has 1 atom stereocenters. The monoisotopic (exact) mass is 393 g/mol. The topological polar surface area (TPSA) is 84.2 Å². The Morgan fingerprint density at radius 2 is 2.00 bits per heavy atom. The number of carbonyl (C=O) groups excluding carboxylic acids is 1. The molecular formula is C20H25F2N3O3. The number of halogens is 2. The maximum absolute atomic E-state index is 13.4. The van der Waals surface area contributed by atoms with Crippen molar-refractivity contribution in [2.45, 2.75) is 40.2 Å². The third-order valence-electron chi connectivity index (χ3n) is 4.29.